The molecule has 2 fully saturated rings. The maximum Gasteiger partial charge on any atom is 0.339 e. The third-order valence-corrected chi connectivity index (χ3v) is 5.03. The van der Waals surface area contributed by atoms with Gasteiger partial charge in [0, 0.05) is 44.4 Å². The molecule has 26 heavy (non-hydrogen) atoms. The Hall–Kier alpha value is -2.71. The van der Waals surface area contributed by atoms with E-state index < -0.39 is 10.9 Å². The molecule has 0 unspecified atom stereocenters. The number of nitro groups is 1. The minimum Gasteiger partial charge on any atom is -0.465 e. The van der Waals surface area contributed by atoms with Gasteiger partial charge in [-0.3, -0.25) is 14.9 Å². The fraction of sp³-hybridized carbons (Fsp3) is 0.588. The maximum atomic E-state index is 12.1. The lowest BCUT2D eigenvalue weighted by Gasteiger charge is -2.40. The summed E-state index contributed by atoms with van der Waals surface area (Å²) in [7, 11) is 1.22. The number of hydrogen-bond donors (Lipinski definition) is 0. The number of amides is 1. The van der Waals surface area contributed by atoms with Gasteiger partial charge in [-0.15, -0.1) is 0 Å². The van der Waals surface area contributed by atoms with E-state index in [0.717, 1.165) is 32.2 Å². The summed E-state index contributed by atoms with van der Waals surface area (Å²) < 4.78 is 4.60. The monoisotopic (exact) mass is 362 g/mol. The molecule has 0 atom stereocenters. The molecule has 3 rings (SSSR count). The summed E-state index contributed by atoms with van der Waals surface area (Å²) in [6, 6.07) is 1.39. The second-order valence-corrected chi connectivity index (χ2v) is 6.58. The highest BCUT2D eigenvalue weighted by atomic mass is 16.6. The number of ether oxygens (including phenoxy) is 1. The van der Waals surface area contributed by atoms with Crippen LogP contribution in [0.2, 0.25) is 0 Å². The number of esters is 1. The second-order valence-electron chi connectivity index (χ2n) is 6.58. The van der Waals surface area contributed by atoms with Gasteiger partial charge in [-0.1, -0.05) is 0 Å². The Bertz CT molecular complexity index is 715. The second kappa shape index (κ2) is 7.67. The number of pyridine rings is 1. The zero-order valence-corrected chi connectivity index (χ0v) is 14.7. The molecule has 0 spiro atoms. The molecule has 2 saturated heterocycles. The molecule has 0 bridgehead atoms. The van der Waals surface area contributed by atoms with Crippen molar-refractivity contribution in [2.45, 2.75) is 38.1 Å². The summed E-state index contributed by atoms with van der Waals surface area (Å²) >= 11 is 0. The molecule has 0 saturated carbocycles. The van der Waals surface area contributed by atoms with Crippen molar-refractivity contribution < 1.29 is 19.2 Å². The van der Waals surface area contributed by atoms with Crippen molar-refractivity contribution >= 4 is 23.4 Å². The third kappa shape index (κ3) is 3.61. The van der Waals surface area contributed by atoms with Crippen molar-refractivity contribution in [2.24, 2.45) is 0 Å². The van der Waals surface area contributed by atoms with Gasteiger partial charge < -0.3 is 14.5 Å². The Morgan fingerprint density at radius 2 is 2.04 bits per heavy atom. The van der Waals surface area contributed by atoms with Crippen LogP contribution in [0.3, 0.4) is 0 Å². The molecule has 1 aromatic heterocycles. The minimum absolute atomic E-state index is 0.0525. The highest BCUT2D eigenvalue weighted by molar-refractivity contribution is 5.90. The molecule has 2 aliphatic rings. The van der Waals surface area contributed by atoms with E-state index in [9.17, 15) is 19.7 Å². The van der Waals surface area contributed by atoms with Crippen LogP contribution in [0.25, 0.3) is 0 Å². The highest BCUT2D eigenvalue weighted by Crippen LogP contribution is 2.30. The molecule has 9 nitrogen and oxygen atoms in total. The van der Waals surface area contributed by atoms with Gasteiger partial charge in [0.2, 0.25) is 11.7 Å². The van der Waals surface area contributed by atoms with Crippen molar-refractivity contribution in [1.29, 1.82) is 0 Å². The number of nitrogens with zero attached hydrogens (tertiary/aromatic N) is 4. The molecule has 0 aromatic carbocycles. The number of likely N-dealkylation sites (tertiary alicyclic amines) is 1. The third-order valence-electron chi connectivity index (χ3n) is 5.03. The summed E-state index contributed by atoms with van der Waals surface area (Å²) in [6.45, 7) is 1.97. The molecule has 0 radical (unpaired) electrons. The van der Waals surface area contributed by atoms with Crippen LogP contribution in [-0.2, 0) is 9.53 Å². The first-order valence-electron chi connectivity index (χ1n) is 8.78. The van der Waals surface area contributed by atoms with Crippen LogP contribution in [0.4, 0.5) is 11.5 Å². The van der Waals surface area contributed by atoms with Crippen molar-refractivity contribution in [1.82, 2.24) is 9.88 Å². The van der Waals surface area contributed by atoms with Crippen molar-refractivity contribution in [3.05, 3.63) is 27.9 Å². The summed E-state index contributed by atoms with van der Waals surface area (Å²) in [6.07, 6.45) is 5.41. The summed E-state index contributed by atoms with van der Waals surface area (Å²) in [5.74, 6) is -0.193. The zero-order valence-electron chi connectivity index (χ0n) is 14.7. The van der Waals surface area contributed by atoms with Gasteiger partial charge in [-0.2, -0.15) is 0 Å². The molecule has 0 N–H and O–H groups in total. The number of rotatable bonds is 4. The van der Waals surface area contributed by atoms with Crippen LogP contribution < -0.4 is 4.90 Å². The first kappa shape index (κ1) is 18.1. The number of piperidine rings is 2. The van der Waals surface area contributed by atoms with Gasteiger partial charge in [0.25, 0.3) is 0 Å². The molecular formula is C17H22N4O5. The predicted molar refractivity (Wildman–Crippen MR) is 93.0 cm³/mol. The van der Waals surface area contributed by atoms with Crippen LogP contribution in [0.5, 0.6) is 0 Å². The topological polar surface area (TPSA) is 106 Å². The largest absolute Gasteiger partial charge is 0.465 e. The standard InChI is InChI=1S/C17H22N4O5/c1-26-17(23)12-10-14(21(24)25)16(18-11-12)19-8-5-13(6-9-19)20-7-3-2-4-15(20)22/h10-11,13H,2-9H2,1H3. The molecule has 140 valence electrons. The Balaban J connectivity index is 1.73. The quantitative estimate of drug-likeness (QED) is 0.456. The minimum atomic E-state index is -0.658. The Morgan fingerprint density at radius 1 is 1.31 bits per heavy atom. The van der Waals surface area contributed by atoms with E-state index in [1.807, 2.05) is 9.80 Å². The van der Waals surface area contributed by atoms with Crippen molar-refractivity contribution in [3.8, 4) is 0 Å². The van der Waals surface area contributed by atoms with Gasteiger partial charge in [-0.25, -0.2) is 9.78 Å². The lowest BCUT2D eigenvalue weighted by Crippen LogP contribution is -2.49. The number of methoxy groups -OCH3 is 1. The molecule has 2 aliphatic heterocycles. The van der Waals surface area contributed by atoms with E-state index in [1.54, 1.807) is 0 Å². The molecule has 0 aliphatic carbocycles. The Morgan fingerprint density at radius 3 is 2.65 bits per heavy atom. The smallest absolute Gasteiger partial charge is 0.339 e. The molecule has 3 heterocycles. The van der Waals surface area contributed by atoms with Crippen LogP contribution >= 0.6 is 0 Å². The van der Waals surface area contributed by atoms with Crippen LogP contribution in [-0.4, -0.2) is 59.5 Å². The average Bonchev–Trinajstić information content (AvgIpc) is 2.67. The fourth-order valence-corrected chi connectivity index (χ4v) is 3.66. The van der Waals surface area contributed by atoms with E-state index in [-0.39, 0.29) is 29.0 Å². The predicted octanol–water partition coefficient (Wildman–Crippen LogP) is 1.76. The normalized spacial score (nSPS) is 18.7. The zero-order chi connectivity index (χ0) is 18.7. The number of hydrogen-bond acceptors (Lipinski definition) is 7. The molecule has 1 aromatic rings. The first-order chi connectivity index (χ1) is 12.5. The first-order valence-corrected chi connectivity index (χ1v) is 8.78. The number of aromatic nitrogens is 1. The van der Waals surface area contributed by atoms with Gasteiger partial charge in [-0.05, 0) is 25.7 Å². The van der Waals surface area contributed by atoms with Crippen LogP contribution in [0.15, 0.2) is 12.3 Å². The summed E-state index contributed by atoms with van der Waals surface area (Å²) in [5.41, 5.74) is -0.155. The SMILES string of the molecule is COC(=O)c1cnc(N2CCC(N3CCCCC3=O)CC2)c([N+](=O)[O-])c1. The molecule has 1 amide bonds. The van der Waals surface area contributed by atoms with E-state index in [2.05, 4.69) is 9.72 Å². The van der Waals surface area contributed by atoms with Gasteiger partial charge in [0.15, 0.2) is 0 Å². The Kier molecular flexibility index (Phi) is 5.34. The number of anilines is 1. The lowest BCUT2D eigenvalue weighted by atomic mass is 9.99. The fourth-order valence-electron chi connectivity index (χ4n) is 3.66. The number of carbonyl (C=O) groups is 2. The van der Waals surface area contributed by atoms with Crippen LogP contribution in [0, 0.1) is 10.1 Å². The molecule has 9 heteroatoms. The Labute approximate surface area is 151 Å². The van der Waals surface area contributed by atoms with Gasteiger partial charge in [0.1, 0.15) is 0 Å². The lowest BCUT2D eigenvalue weighted by molar-refractivity contribution is -0.384. The number of carbonyl (C=O) groups excluding carboxylic acids is 2. The van der Waals surface area contributed by atoms with Crippen molar-refractivity contribution in [3.63, 3.8) is 0 Å². The van der Waals surface area contributed by atoms with Crippen LogP contribution in [0.1, 0.15) is 42.5 Å². The highest BCUT2D eigenvalue weighted by Gasteiger charge is 2.32. The van der Waals surface area contributed by atoms with Gasteiger partial charge >= 0.3 is 11.7 Å². The van der Waals surface area contributed by atoms with E-state index in [1.165, 1.54) is 19.4 Å². The van der Waals surface area contributed by atoms with Gasteiger partial charge in [0.05, 0.1) is 17.6 Å². The van der Waals surface area contributed by atoms with Crippen molar-refractivity contribution in [2.75, 3.05) is 31.6 Å². The van der Waals surface area contributed by atoms with E-state index in [4.69, 9.17) is 0 Å². The summed E-state index contributed by atoms with van der Waals surface area (Å²) in [5, 5.41) is 11.4. The average molecular weight is 362 g/mol. The summed E-state index contributed by atoms with van der Waals surface area (Å²) in [4.78, 5) is 42.5. The van der Waals surface area contributed by atoms with E-state index >= 15 is 0 Å². The molecular weight excluding hydrogens is 340 g/mol. The van der Waals surface area contributed by atoms with E-state index in [0.29, 0.717) is 19.5 Å². The maximum absolute atomic E-state index is 12.1.